The number of carboxylic acids is 1. The zero-order valence-corrected chi connectivity index (χ0v) is 17.0. The number of nitrogens with two attached hydrogens (primary N) is 3. The summed E-state index contributed by atoms with van der Waals surface area (Å²) in [5.74, 6) is -5.44. The van der Waals surface area contributed by atoms with Crippen LogP contribution in [0.5, 0.6) is 0 Å². The highest BCUT2D eigenvalue weighted by Crippen LogP contribution is 2.08. The van der Waals surface area contributed by atoms with Crippen molar-refractivity contribution in [3.8, 4) is 0 Å². The van der Waals surface area contributed by atoms with E-state index in [1.54, 1.807) is 13.8 Å². The van der Waals surface area contributed by atoms with Crippen molar-refractivity contribution in [2.24, 2.45) is 23.1 Å². The molecule has 0 heterocycles. The molecule has 0 radical (unpaired) electrons. The normalized spacial score (nSPS) is 13.6. The van der Waals surface area contributed by atoms with Gasteiger partial charge in [-0.15, -0.1) is 0 Å². The predicted octanol–water partition coefficient (Wildman–Crippen LogP) is -3.33. The minimum atomic E-state index is -1.57. The minimum absolute atomic E-state index is 0.0804. The molecular formula is C17H30N6O7. The quantitative estimate of drug-likeness (QED) is 0.147. The van der Waals surface area contributed by atoms with Crippen molar-refractivity contribution in [1.82, 2.24) is 16.0 Å². The van der Waals surface area contributed by atoms with Crippen LogP contribution in [0, 0.1) is 5.92 Å². The molecule has 0 aliphatic carbocycles. The maximum absolute atomic E-state index is 12.6. The number of carbonyl (C=O) groups is 6. The maximum Gasteiger partial charge on any atom is 0.326 e. The van der Waals surface area contributed by atoms with E-state index in [0.29, 0.717) is 0 Å². The first kappa shape index (κ1) is 26.8. The molecule has 3 atom stereocenters. The molecule has 0 aliphatic rings. The van der Waals surface area contributed by atoms with E-state index in [4.69, 9.17) is 22.3 Å². The molecule has 10 N–H and O–H groups in total. The van der Waals surface area contributed by atoms with Gasteiger partial charge in [-0.2, -0.15) is 0 Å². The highest BCUT2D eigenvalue weighted by molar-refractivity contribution is 5.94. The second-order valence-corrected chi connectivity index (χ2v) is 7.09. The minimum Gasteiger partial charge on any atom is -0.480 e. The van der Waals surface area contributed by atoms with Crippen molar-refractivity contribution in [3.05, 3.63) is 0 Å². The molecule has 13 nitrogen and oxygen atoms in total. The van der Waals surface area contributed by atoms with Crippen LogP contribution < -0.4 is 33.2 Å². The molecule has 0 fully saturated rings. The molecule has 0 aromatic heterocycles. The third-order valence-corrected chi connectivity index (χ3v) is 3.88. The molecule has 0 aromatic carbocycles. The Kier molecular flexibility index (Phi) is 11.7. The second-order valence-electron chi connectivity index (χ2n) is 7.09. The van der Waals surface area contributed by atoms with E-state index in [1.807, 2.05) is 0 Å². The lowest BCUT2D eigenvalue weighted by molar-refractivity contribution is -0.143. The van der Waals surface area contributed by atoms with Crippen molar-refractivity contribution < 1.29 is 33.9 Å². The van der Waals surface area contributed by atoms with Gasteiger partial charge in [-0.3, -0.25) is 24.0 Å². The van der Waals surface area contributed by atoms with Crippen LogP contribution in [0.1, 0.15) is 39.5 Å². The van der Waals surface area contributed by atoms with Gasteiger partial charge in [-0.25, -0.2) is 4.79 Å². The van der Waals surface area contributed by atoms with Crippen LogP contribution in [0.4, 0.5) is 0 Å². The topological polar surface area (TPSA) is 237 Å². The summed E-state index contributed by atoms with van der Waals surface area (Å²) in [5.41, 5.74) is 15.3. The van der Waals surface area contributed by atoms with Gasteiger partial charge in [0, 0.05) is 6.42 Å². The third kappa shape index (κ3) is 10.9. The van der Waals surface area contributed by atoms with Gasteiger partial charge in [0.25, 0.3) is 0 Å². The smallest absolute Gasteiger partial charge is 0.326 e. The second kappa shape index (κ2) is 13.1. The van der Waals surface area contributed by atoms with E-state index in [1.165, 1.54) is 0 Å². The largest absolute Gasteiger partial charge is 0.480 e. The van der Waals surface area contributed by atoms with Crippen molar-refractivity contribution in [3.63, 3.8) is 0 Å². The predicted molar refractivity (Wildman–Crippen MR) is 104 cm³/mol. The molecule has 5 amide bonds. The first-order valence-corrected chi connectivity index (χ1v) is 9.26. The van der Waals surface area contributed by atoms with Crippen LogP contribution in [0.3, 0.4) is 0 Å². The van der Waals surface area contributed by atoms with Crippen molar-refractivity contribution in [2.45, 2.75) is 57.7 Å². The molecule has 30 heavy (non-hydrogen) atoms. The lowest BCUT2D eigenvalue weighted by Crippen LogP contribution is -2.56. The molecule has 0 aromatic rings. The number of carboxylic acid groups (broad SMARTS) is 1. The summed E-state index contributed by atoms with van der Waals surface area (Å²) in [5, 5.41) is 16.1. The zero-order chi connectivity index (χ0) is 23.4. The van der Waals surface area contributed by atoms with Crippen LogP contribution in [-0.4, -0.2) is 65.3 Å². The molecular weight excluding hydrogens is 400 g/mol. The standard InChI is InChI=1S/C17H30N6O7/c1-8(2)5-10(16(28)23-11(17(29)30)6-13(20)25)22-15(27)9(3-4-12(19)24)21-14(26)7-18/h8-11H,3-7,18H2,1-2H3,(H2,19,24)(H2,20,25)(H,21,26)(H,22,27)(H,23,28)(H,29,30). The van der Waals surface area contributed by atoms with Gasteiger partial charge >= 0.3 is 5.97 Å². The van der Waals surface area contributed by atoms with Gasteiger partial charge in [0.2, 0.25) is 29.5 Å². The van der Waals surface area contributed by atoms with Gasteiger partial charge in [0.1, 0.15) is 18.1 Å². The number of hydrogen-bond donors (Lipinski definition) is 7. The van der Waals surface area contributed by atoms with Gasteiger partial charge in [0.05, 0.1) is 13.0 Å². The van der Waals surface area contributed by atoms with E-state index in [9.17, 15) is 28.8 Å². The molecule has 0 bridgehead atoms. The number of rotatable bonds is 14. The monoisotopic (exact) mass is 430 g/mol. The molecule has 13 heteroatoms. The Morgan fingerprint density at radius 1 is 0.833 bits per heavy atom. The van der Waals surface area contributed by atoms with Crippen molar-refractivity contribution in [1.29, 1.82) is 0 Å². The van der Waals surface area contributed by atoms with E-state index < -0.39 is 66.6 Å². The van der Waals surface area contributed by atoms with Crippen molar-refractivity contribution in [2.75, 3.05) is 6.54 Å². The maximum atomic E-state index is 12.6. The first-order chi connectivity index (χ1) is 13.9. The summed E-state index contributed by atoms with van der Waals surface area (Å²) in [7, 11) is 0. The Bertz CT molecular complexity index is 667. The Labute approximate surface area is 173 Å². The summed E-state index contributed by atoms with van der Waals surface area (Å²) < 4.78 is 0. The van der Waals surface area contributed by atoms with Gasteiger partial charge in [0.15, 0.2) is 0 Å². The van der Waals surface area contributed by atoms with E-state index in [2.05, 4.69) is 16.0 Å². The Morgan fingerprint density at radius 3 is 1.80 bits per heavy atom. The van der Waals surface area contributed by atoms with Crippen LogP contribution in [0.15, 0.2) is 0 Å². The number of carbonyl (C=O) groups excluding carboxylic acids is 5. The average Bonchev–Trinajstić information content (AvgIpc) is 2.62. The highest BCUT2D eigenvalue weighted by Gasteiger charge is 2.30. The summed E-state index contributed by atoms with van der Waals surface area (Å²) in [4.78, 5) is 70.0. The van der Waals surface area contributed by atoms with Crippen molar-refractivity contribution >= 4 is 35.5 Å². The van der Waals surface area contributed by atoms with E-state index in [-0.39, 0.29) is 25.2 Å². The number of nitrogens with one attached hydrogen (secondary N) is 3. The first-order valence-electron chi connectivity index (χ1n) is 9.26. The van der Waals surface area contributed by atoms with E-state index in [0.717, 1.165) is 0 Å². The highest BCUT2D eigenvalue weighted by atomic mass is 16.4. The lowest BCUT2D eigenvalue weighted by Gasteiger charge is -2.25. The summed E-state index contributed by atoms with van der Waals surface area (Å²) in [6, 6.07) is -3.92. The lowest BCUT2D eigenvalue weighted by atomic mass is 10.0. The number of amides is 5. The molecule has 0 saturated carbocycles. The van der Waals surface area contributed by atoms with Crippen LogP contribution in [0.2, 0.25) is 0 Å². The Morgan fingerprint density at radius 2 is 1.37 bits per heavy atom. The molecule has 170 valence electrons. The fourth-order valence-corrected chi connectivity index (χ4v) is 2.46. The zero-order valence-electron chi connectivity index (χ0n) is 17.0. The van der Waals surface area contributed by atoms with Gasteiger partial charge in [-0.05, 0) is 18.8 Å². The van der Waals surface area contributed by atoms with Gasteiger partial charge < -0.3 is 38.3 Å². The fourth-order valence-electron chi connectivity index (χ4n) is 2.46. The van der Waals surface area contributed by atoms with Crippen LogP contribution in [0.25, 0.3) is 0 Å². The Hall–Kier alpha value is -3.22. The molecule has 0 rings (SSSR count). The molecule has 3 unspecified atom stereocenters. The molecule has 0 saturated heterocycles. The van der Waals surface area contributed by atoms with Crippen LogP contribution >= 0.6 is 0 Å². The summed E-state index contributed by atoms with van der Waals surface area (Å²) >= 11 is 0. The number of hydrogen-bond acceptors (Lipinski definition) is 7. The average molecular weight is 430 g/mol. The number of aliphatic carboxylic acids is 1. The molecule has 0 aliphatic heterocycles. The van der Waals surface area contributed by atoms with E-state index >= 15 is 0 Å². The Balaban J connectivity index is 5.41. The van der Waals surface area contributed by atoms with Gasteiger partial charge in [-0.1, -0.05) is 13.8 Å². The number of primary amides is 2. The summed E-state index contributed by atoms with van der Waals surface area (Å²) in [6.45, 7) is 3.14. The third-order valence-electron chi connectivity index (χ3n) is 3.88. The van der Waals surface area contributed by atoms with Crippen LogP contribution in [-0.2, 0) is 28.8 Å². The summed E-state index contributed by atoms with van der Waals surface area (Å²) in [6.07, 6.45) is -0.822. The molecule has 0 spiro atoms. The fraction of sp³-hybridized carbons (Fsp3) is 0.647. The SMILES string of the molecule is CC(C)CC(NC(=O)C(CCC(N)=O)NC(=O)CN)C(=O)NC(CC(N)=O)C(=O)O.